The molecule has 3 rings (SSSR count). The Balaban J connectivity index is 1.65. The Labute approximate surface area is 175 Å². The molecule has 0 aromatic heterocycles. The van der Waals surface area contributed by atoms with Crippen LogP contribution in [0, 0.1) is 5.92 Å². The molecule has 0 spiro atoms. The predicted octanol–water partition coefficient (Wildman–Crippen LogP) is 2.74. The highest BCUT2D eigenvalue weighted by Crippen LogP contribution is 2.31. The van der Waals surface area contributed by atoms with Gasteiger partial charge in [-0.25, -0.2) is 9.69 Å². The summed E-state index contributed by atoms with van der Waals surface area (Å²) in [5.41, 5.74) is 0.950. The van der Waals surface area contributed by atoms with Crippen molar-refractivity contribution >= 4 is 35.5 Å². The van der Waals surface area contributed by atoms with E-state index in [1.165, 1.54) is 4.90 Å². The first-order chi connectivity index (χ1) is 13.8. The van der Waals surface area contributed by atoms with Crippen LogP contribution in [0.15, 0.2) is 29.2 Å². The summed E-state index contributed by atoms with van der Waals surface area (Å²) in [6.45, 7) is 1.94. The van der Waals surface area contributed by atoms with Crippen molar-refractivity contribution in [1.29, 1.82) is 0 Å². The quantitative estimate of drug-likeness (QED) is 0.404. The van der Waals surface area contributed by atoms with Crippen LogP contribution in [0.1, 0.15) is 38.2 Å². The van der Waals surface area contributed by atoms with Gasteiger partial charge in [-0.15, -0.1) is 11.8 Å². The molecule has 1 aliphatic carbocycles. The van der Waals surface area contributed by atoms with E-state index in [0.717, 1.165) is 39.5 Å². The molecule has 2 fully saturated rings. The number of rotatable bonds is 6. The number of urea groups is 1. The molecule has 0 N–H and O–H groups in total. The molecule has 1 heterocycles. The average molecular weight is 418 g/mol. The van der Waals surface area contributed by atoms with Gasteiger partial charge >= 0.3 is 17.8 Å². The molecule has 5 amide bonds. The predicted molar refractivity (Wildman–Crippen MR) is 110 cm³/mol. The Morgan fingerprint density at radius 3 is 2.38 bits per heavy atom. The summed E-state index contributed by atoms with van der Waals surface area (Å²) in [7, 11) is 1.62. The van der Waals surface area contributed by atoms with Crippen LogP contribution in [0.5, 0.6) is 0 Å². The van der Waals surface area contributed by atoms with Crippen molar-refractivity contribution in [2.24, 2.45) is 5.92 Å². The van der Waals surface area contributed by atoms with Crippen molar-refractivity contribution in [1.82, 2.24) is 14.7 Å². The first kappa shape index (κ1) is 21.4. The Bertz CT molecular complexity index is 811. The normalized spacial score (nSPS) is 22.4. The number of nitrogens with zero attached hydrogens (tertiary/aromatic N) is 3. The van der Waals surface area contributed by atoms with E-state index >= 15 is 0 Å². The fraction of sp³-hybridized carbons (Fsp3) is 0.524. The monoisotopic (exact) mass is 417 g/mol. The summed E-state index contributed by atoms with van der Waals surface area (Å²) >= 11 is 1.64. The van der Waals surface area contributed by atoms with Crippen LogP contribution in [-0.4, -0.2) is 64.3 Å². The third-order valence-electron chi connectivity index (χ3n) is 5.78. The number of amides is 5. The molecule has 1 saturated heterocycles. The molecule has 1 aliphatic heterocycles. The number of benzene rings is 1. The van der Waals surface area contributed by atoms with Crippen LogP contribution in [0.2, 0.25) is 0 Å². The van der Waals surface area contributed by atoms with E-state index in [1.54, 1.807) is 18.8 Å². The van der Waals surface area contributed by atoms with Gasteiger partial charge in [0, 0.05) is 24.5 Å². The van der Waals surface area contributed by atoms with E-state index in [4.69, 9.17) is 0 Å². The average Bonchev–Trinajstić information content (AvgIpc) is 2.92. The van der Waals surface area contributed by atoms with Crippen LogP contribution in [0.25, 0.3) is 0 Å². The molecule has 1 aromatic rings. The SMILES string of the molecule is CSc1ccc(CN(C)C(=O)CN2C(=O)C(=O)N([C@@H]3CCCC[C@@H]3C)C2=O)cc1. The van der Waals surface area contributed by atoms with E-state index in [9.17, 15) is 19.2 Å². The first-order valence-electron chi connectivity index (χ1n) is 9.89. The minimum Gasteiger partial charge on any atom is -0.340 e. The third kappa shape index (κ3) is 4.47. The van der Waals surface area contributed by atoms with Gasteiger partial charge in [0.15, 0.2) is 0 Å². The maximum absolute atomic E-state index is 12.8. The molecule has 2 atom stereocenters. The molecular weight excluding hydrogens is 390 g/mol. The minimum atomic E-state index is -0.904. The fourth-order valence-corrected chi connectivity index (χ4v) is 4.39. The smallest absolute Gasteiger partial charge is 0.334 e. The van der Waals surface area contributed by atoms with E-state index < -0.39 is 24.4 Å². The lowest BCUT2D eigenvalue weighted by atomic mass is 9.85. The molecule has 156 valence electrons. The third-order valence-corrected chi connectivity index (χ3v) is 6.52. The molecule has 7 nitrogen and oxygen atoms in total. The van der Waals surface area contributed by atoms with Gasteiger partial charge in [-0.2, -0.15) is 0 Å². The second kappa shape index (κ2) is 8.98. The van der Waals surface area contributed by atoms with Crippen molar-refractivity contribution in [3.8, 4) is 0 Å². The summed E-state index contributed by atoms with van der Waals surface area (Å²) in [4.78, 5) is 54.7. The van der Waals surface area contributed by atoms with Gasteiger partial charge in [-0.1, -0.05) is 31.9 Å². The Hall–Kier alpha value is -2.35. The van der Waals surface area contributed by atoms with Crippen molar-refractivity contribution in [3.63, 3.8) is 0 Å². The summed E-state index contributed by atoms with van der Waals surface area (Å²) < 4.78 is 0. The zero-order valence-electron chi connectivity index (χ0n) is 17.1. The number of carbonyl (C=O) groups excluding carboxylic acids is 4. The number of likely N-dealkylation sites (N-methyl/N-ethyl adjacent to an activating group) is 1. The van der Waals surface area contributed by atoms with Crippen molar-refractivity contribution in [2.75, 3.05) is 19.8 Å². The first-order valence-corrected chi connectivity index (χ1v) is 11.1. The topological polar surface area (TPSA) is 78.0 Å². The van der Waals surface area contributed by atoms with Gasteiger partial charge < -0.3 is 4.90 Å². The highest BCUT2D eigenvalue weighted by molar-refractivity contribution is 7.98. The summed E-state index contributed by atoms with van der Waals surface area (Å²) in [5.74, 6) is -1.94. The van der Waals surface area contributed by atoms with Crippen molar-refractivity contribution in [3.05, 3.63) is 29.8 Å². The number of thioether (sulfide) groups is 1. The Kier molecular flexibility index (Phi) is 6.62. The second-order valence-corrected chi connectivity index (χ2v) is 8.66. The van der Waals surface area contributed by atoms with Crippen molar-refractivity contribution < 1.29 is 19.2 Å². The van der Waals surface area contributed by atoms with E-state index in [-0.39, 0.29) is 17.9 Å². The van der Waals surface area contributed by atoms with Crippen LogP contribution >= 0.6 is 11.8 Å². The lowest BCUT2D eigenvalue weighted by molar-refractivity contribution is -0.145. The van der Waals surface area contributed by atoms with Gasteiger partial charge in [0.2, 0.25) is 5.91 Å². The number of carbonyl (C=O) groups is 4. The maximum Gasteiger partial charge on any atom is 0.334 e. The Morgan fingerprint density at radius 2 is 1.76 bits per heavy atom. The van der Waals surface area contributed by atoms with Crippen molar-refractivity contribution in [2.45, 2.75) is 50.1 Å². The summed E-state index contributed by atoms with van der Waals surface area (Å²) in [6.07, 6.45) is 5.62. The molecule has 1 saturated carbocycles. The van der Waals surface area contributed by atoms with E-state index in [2.05, 4.69) is 0 Å². The zero-order valence-corrected chi connectivity index (χ0v) is 17.9. The molecule has 0 bridgehead atoms. The number of hydrogen-bond acceptors (Lipinski definition) is 5. The van der Waals surface area contributed by atoms with Crippen LogP contribution in [-0.2, 0) is 20.9 Å². The van der Waals surface area contributed by atoms with E-state index in [0.29, 0.717) is 13.0 Å². The molecule has 0 radical (unpaired) electrons. The van der Waals surface area contributed by atoms with Crippen LogP contribution in [0.3, 0.4) is 0 Å². The Morgan fingerprint density at radius 1 is 1.10 bits per heavy atom. The lowest BCUT2D eigenvalue weighted by Gasteiger charge is -2.34. The molecule has 29 heavy (non-hydrogen) atoms. The lowest BCUT2D eigenvalue weighted by Crippen LogP contribution is -2.47. The molecular formula is C21H27N3O4S. The largest absolute Gasteiger partial charge is 0.340 e. The standard InChI is InChI=1S/C21H27N3O4S/c1-14-6-4-5-7-17(14)24-20(27)19(26)23(21(24)28)13-18(25)22(2)12-15-8-10-16(29-3)11-9-15/h8-11,14,17H,4-7,12-13H2,1-3H3/t14-,17+/m0/s1. The maximum atomic E-state index is 12.8. The second-order valence-electron chi connectivity index (χ2n) is 7.78. The van der Waals surface area contributed by atoms with Gasteiger partial charge in [0.05, 0.1) is 0 Å². The van der Waals surface area contributed by atoms with Gasteiger partial charge in [-0.05, 0) is 42.7 Å². The summed E-state index contributed by atoms with van der Waals surface area (Å²) in [5, 5.41) is 0. The molecule has 0 unspecified atom stereocenters. The van der Waals surface area contributed by atoms with Gasteiger partial charge in [0.1, 0.15) is 6.54 Å². The highest BCUT2D eigenvalue weighted by atomic mass is 32.2. The molecule has 1 aromatic carbocycles. The number of imide groups is 2. The van der Waals surface area contributed by atoms with Gasteiger partial charge in [0.25, 0.3) is 0 Å². The van der Waals surface area contributed by atoms with Crippen LogP contribution in [0.4, 0.5) is 4.79 Å². The fourth-order valence-electron chi connectivity index (χ4n) is 3.98. The summed E-state index contributed by atoms with van der Waals surface area (Å²) in [6, 6.07) is 6.92. The minimum absolute atomic E-state index is 0.159. The van der Waals surface area contributed by atoms with Crippen LogP contribution < -0.4 is 0 Å². The zero-order chi connectivity index (χ0) is 21.1. The number of hydrogen-bond donors (Lipinski definition) is 0. The molecule has 2 aliphatic rings. The van der Waals surface area contributed by atoms with E-state index in [1.807, 2.05) is 37.4 Å². The highest BCUT2D eigenvalue weighted by Gasteiger charge is 2.49. The molecule has 8 heteroatoms. The van der Waals surface area contributed by atoms with Gasteiger partial charge in [-0.3, -0.25) is 19.3 Å².